The summed E-state index contributed by atoms with van der Waals surface area (Å²) in [4.78, 5) is 0.0876. The highest BCUT2D eigenvalue weighted by Gasteiger charge is 2.20. The molecule has 0 aromatic heterocycles. The van der Waals surface area contributed by atoms with E-state index >= 15 is 0 Å². The Morgan fingerprint density at radius 1 is 1.04 bits per heavy atom. The van der Waals surface area contributed by atoms with Crippen molar-refractivity contribution in [2.45, 2.75) is 11.8 Å². The topological polar surface area (TPSA) is 83.1 Å². The Bertz CT molecular complexity index is 865. The zero-order chi connectivity index (χ0) is 17.9. The molecule has 3 rings (SSSR count). The van der Waals surface area contributed by atoms with Gasteiger partial charge in [0.15, 0.2) is 23.0 Å². The zero-order valence-corrected chi connectivity index (χ0v) is 14.8. The minimum Gasteiger partial charge on any atom is -0.493 e. The fraction of sp³-hybridized carbons (Fsp3) is 0.294. The third-order valence-electron chi connectivity index (χ3n) is 3.54. The van der Waals surface area contributed by atoms with E-state index in [4.69, 9.17) is 18.9 Å². The molecule has 8 heteroatoms. The van der Waals surface area contributed by atoms with Crippen LogP contribution in [0, 0.1) is 0 Å². The Balaban J connectivity index is 1.86. The van der Waals surface area contributed by atoms with E-state index in [-0.39, 0.29) is 4.90 Å². The van der Waals surface area contributed by atoms with Gasteiger partial charge in [0.05, 0.1) is 24.3 Å². The minimum absolute atomic E-state index is 0.0876. The molecule has 0 saturated heterocycles. The molecule has 0 radical (unpaired) electrons. The maximum atomic E-state index is 12.6. The van der Waals surface area contributed by atoms with E-state index < -0.39 is 10.0 Å². The molecule has 0 atom stereocenters. The molecule has 0 bridgehead atoms. The first-order valence-corrected chi connectivity index (χ1v) is 9.25. The summed E-state index contributed by atoms with van der Waals surface area (Å²) >= 11 is 0. The van der Waals surface area contributed by atoms with Crippen molar-refractivity contribution >= 4 is 15.7 Å². The van der Waals surface area contributed by atoms with Crippen LogP contribution in [-0.2, 0) is 10.0 Å². The first-order chi connectivity index (χ1) is 12.0. The lowest BCUT2D eigenvalue weighted by molar-refractivity contribution is 0.171. The fourth-order valence-electron chi connectivity index (χ4n) is 2.41. The average Bonchev–Trinajstić information content (AvgIpc) is 2.62. The molecule has 0 amide bonds. The number of anilines is 1. The molecule has 1 aliphatic rings. The number of benzene rings is 2. The lowest BCUT2D eigenvalue weighted by Gasteiger charge is -2.19. The summed E-state index contributed by atoms with van der Waals surface area (Å²) in [6.07, 6.45) is 0. The molecule has 0 spiro atoms. The fourth-order valence-corrected chi connectivity index (χ4v) is 3.48. The molecule has 1 N–H and O–H groups in total. The van der Waals surface area contributed by atoms with Crippen molar-refractivity contribution in [2.75, 3.05) is 31.7 Å². The number of ether oxygens (including phenoxy) is 4. The number of methoxy groups -OCH3 is 1. The maximum absolute atomic E-state index is 12.6. The van der Waals surface area contributed by atoms with Gasteiger partial charge in [0.1, 0.15) is 13.2 Å². The SMILES string of the molecule is CCOc1ccc(NS(=O)(=O)c2ccc3c(c2)OCCO3)cc1OC. The van der Waals surface area contributed by atoms with E-state index in [1.54, 1.807) is 24.3 Å². The second kappa shape index (κ2) is 7.10. The Labute approximate surface area is 146 Å². The van der Waals surface area contributed by atoms with Gasteiger partial charge in [0, 0.05) is 12.1 Å². The van der Waals surface area contributed by atoms with Crippen LogP contribution in [-0.4, -0.2) is 35.3 Å². The Morgan fingerprint density at radius 2 is 1.80 bits per heavy atom. The standard InChI is InChI=1S/C17H19NO6S/c1-3-22-14-6-4-12(10-16(14)21-2)18-25(19,20)13-5-7-15-17(11-13)24-9-8-23-15/h4-7,10-11,18H,3,8-9H2,1-2H3. The number of sulfonamides is 1. The van der Waals surface area contributed by atoms with Gasteiger partial charge in [-0.05, 0) is 31.2 Å². The summed E-state index contributed by atoms with van der Waals surface area (Å²) in [6.45, 7) is 3.18. The highest BCUT2D eigenvalue weighted by atomic mass is 32.2. The molecule has 0 unspecified atom stereocenters. The normalized spacial score (nSPS) is 13.2. The van der Waals surface area contributed by atoms with Gasteiger partial charge >= 0.3 is 0 Å². The molecule has 25 heavy (non-hydrogen) atoms. The van der Waals surface area contributed by atoms with E-state index in [0.29, 0.717) is 48.5 Å². The molecular weight excluding hydrogens is 346 g/mol. The van der Waals surface area contributed by atoms with Crippen molar-refractivity contribution < 1.29 is 27.4 Å². The molecule has 0 aliphatic carbocycles. The molecule has 0 fully saturated rings. The highest BCUT2D eigenvalue weighted by Crippen LogP contribution is 2.34. The highest BCUT2D eigenvalue weighted by molar-refractivity contribution is 7.92. The van der Waals surface area contributed by atoms with Gasteiger partial charge in [-0.25, -0.2) is 8.42 Å². The van der Waals surface area contributed by atoms with Crippen molar-refractivity contribution in [3.63, 3.8) is 0 Å². The van der Waals surface area contributed by atoms with Gasteiger partial charge in [-0.3, -0.25) is 4.72 Å². The summed E-state index contributed by atoms with van der Waals surface area (Å²) < 4.78 is 49.3. The predicted octanol–water partition coefficient (Wildman–Crippen LogP) is 2.67. The van der Waals surface area contributed by atoms with Crippen LogP contribution in [0.1, 0.15) is 6.92 Å². The third kappa shape index (κ3) is 3.74. The lowest BCUT2D eigenvalue weighted by atomic mass is 10.3. The maximum Gasteiger partial charge on any atom is 0.262 e. The molecule has 7 nitrogen and oxygen atoms in total. The van der Waals surface area contributed by atoms with Crippen LogP contribution in [0.15, 0.2) is 41.3 Å². The Morgan fingerprint density at radius 3 is 2.52 bits per heavy atom. The molecule has 1 aliphatic heterocycles. The summed E-state index contributed by atoms with van der Waals surface area (Å²) in [5, 5.41) is 0. The quantitative estimate of drug-likeness (QED) is 0.847. The zero-order valence-electron chi connectivity index (χ0n) is 13.9. The molecular formula is C17H19NO6S. The van der Waals surface area contributed by atoms with E-state index in [1.165, 1.54) is 19.2 Å². The average molecular weight is 365 g/mol. The smallest absolute Gasteiger partial charge is 0.262 e. The monoisotopic (exact) mass is 365 g/mol. The summed E-state index contributed by atoms with van der Waals surface area (Å²) in [6, 6.07) is 9.35. The second-order valence-corrected chi connectivity index (χ2v) is 6.89. The second-order valence-electron chi connectivity index (χ2n) is 5.21. The van der Waals surface area contributed by atoms with Crippen LogP contribution in [0.2, 0.25) is 0 Å². The summed E-state index contributed by atoms with van der Waals surface area (Å²) in [7, 11) is -2.28. The largest absolute Gasteiger partial charge is 0.493 e. The molecule has 1 heterocycles. The first kappa shape index (κ1) is 17.2. The van der Waals surface area contributed by atoms with Gasteiger partial charge in [-0.1, -0.05) is 0 Å². The molecule has 134 valence electrons. The number of fused-ring (bicyclic) bond motifs is 1. The van der Waals surface area contributed by atoms with E-state index in [9.17, 15) is 8.42 Å². The van der Waals surface area contributed by atoms with Gasteiger partial charge in [0.25, 0.3) is 10.0 Å². The van der Waals surface area contributed by atoms with Crippen molar-refractivity contribution in [1.29, 1.82) is 0 Å². The van der Waals surface area contributed by atoms with Crippen LogP contribution < -0.4 is 23.7 Å². The number of nitrogens with one attached hydrogen (secondary N) is 1. The van der Waals surface area contributed by atoms with E-state index in [0.717, 1.165) is 0 Å². The van der Waals surface area contributed by atoms with Gasteiger partial charge < -0.3 is 18.9 Å². The molecule has 2 aromatic rings. The first-order valence-electron chi connectivity index (χ1n) is 7.77. The summed E-state index contributed by atoms with van der Waals surface area (Å²) in [5.41, 5.74) is 0.371. The number of hydrogen-bond donors (Lipinski definition) is 1. The van der Waals surface area contributed by atoms with Crippen LogP contribution in [0.4, 0.5) is 5.69 Å². The number of rotatable bonds is 6. The lowest BCUT2D eigenvalue weighted by Crippen LogP contribution is -2.17. The Hall–Kier alpha value is -2.61. The predicted molar refractivity (Wildman–Crippen MR) is 92.4 cm³/mol. The van der Waals surface area contributed by atoms with Crippen molar-refractivity contribution in [3.8, 4) is 23.0 Å². The van der Waals surface area contributed by atoms with Crippen LogP contribution in [0.25, 0.3) is 0 Å². The van der Waals surface area contributed by atoms with Gasteiger partial charge in [-0.15, -0.1) is 0 Å². The number of hydrogen-bond acceptors (Lipinski definition) is 6. The molecule has 0 saturated carbocycles. The van der Waals surface area contributed by atoms with Crippen LogP contribution >= 0.6 is 0 Å². The van der Waals surface area contributed by atoms with Crippen molar-refractivity contribution in [1.82, 2.24) is 0 Å². The Kier molecular flexibility index (Phi) is 4.89. The third-order valence-corrected chi connectivity index (χ3v) is 4.92. The van der Waals surface area contributed by atoms with Crippen LogP contribution in [0.5, 0.6) is 23.0 Å². The van der Waals surface area contributed by atoms with Crippen LogP contribution in [0.3, 0.4) is 0 Å². The summed E-state index contributed by atoms with van der Waals surface area (Å²) in [5.74, 6) is 1.95. The van der Waals surface area contributed by atoms with Gasteiger partial charge in [-0.2, -0.15) is 0 Å². The van der Waals surface area contributed by atoms with Crippen molar-refractivity contribution in [3.05, 3.63) is 36.4 Å². The van der Waals surface area contributed by atoms with E-state index in [2.05, 4.69) is 4.72 Å². The van der Waals surface area contributed by atoms with Gasteiger partial charge in [0.2, 0.25) is 0 Å². The molecule has 2 aromatic carbocycles. The van der Waals surface area contributed by atoms with E-state index in [1.807, 2.05) is 6.92 Å². The van der Waals surface area contributed by atoms with Crippen molar-refractivity contribution in [2.24, 2.45) is 0 Å². The minimum atomic E-state index is -3.78.